The van der Waals surface area contributed by atoms with Gasteiger partial charge in [0.1, 0.15) is 0 Å². The Bertz CT molecular complexity index is 84.4. The van der Waals surface area contributed by atoms with E-state index in [9.17, 15) is 0 Å². The number of aliphatic imine (C=N–C) groups is 1. The zero-order valence-corrected chi connectivity index (χ0v) is 5.59. The summed E-state index contributed by atoms with van der Waals surface area (Å²) >= 11 is 0. The molecular weight excluding hydrogens is 98.1 g/mol. The minimum atomic E-state index is 0.639. The standard InChI is InChI=1S/C7H13N/c1-4-7(2)5-6-8-3/h5-7H,3-4H2,1-2H3/b6-5-. The molecule has 0 bridgehead atoms. The Labute approximate surface area is 51.1 Å². The van der Waals surface area contributed by atoms with Crippen molar-refractivity contribution < 1.29 is 0 Å². The van der Waals surface area contributed by atoms with Crippen molar-refractivity contribution >= 4 is 6.72 Å². The molecule has 0 saturated carbocycles. The van der Waals surface area contributed by atoms with E-state index in [-0.39, 0.29) is 0 Å². The third kappa shape index (κ3) is 3.59. The molecule has 1 unspecified atom stereocenters. The zero-order valence-electron chi connectivity index (χ0n) is 5.59. The number of allylic oxidation sites excluding steroid dienone is 1. The summed E-state index contributed by atoms with van der Waals surface area (Å²) in [5, 5.41) is 0. The van der Waals surface area contributed by atoms with Gasteiger partial charge in [-0.3, -0.25) is 4.99 Å². The molecule has 0 aliphatic carbocycles. The highest BCUT2D eigenvalue weighted by Gasteiger charge is 1.87. The molecule has 0 radical (unpaired) electrons. The second kappa shape index (κ2) is 4.57. The van der Waals surface area contributed by atoms with Crippen LogP contribution in [-0.2, 0) is 0 Å². The molecule has 0 aromatic heterocycles. The third-order valence-corrected chi connectivity index (χ3v) is 1.16. The van der Waals surface area contributed by atoms with Crippen molar-refractivity contribution in [2.24, 2.45) is 10.9 Å². The topological polar surface area (TPSA) is 12.4 Å². The van der Waals surface area contributed by atoms with Crippen molar-refractivity contribution in [3.05, 3.63) is 12.3 Å². The second-order valence-corrected chi connectivity index (χ2v) is 1.91. The fourth-order valence-corrected chi connectivity index (χ4v) is 0.344. The van der Waals surface area contributed by atoms with Gasteiger partial charge in [0, 0.05) is 6.20 Å². The average Bonchev–Trinajstić information content (AvgIpc) is 1.83. The number of nitrogens with zero attached hydrogens (tertiary/aromatic N) is 1. The van der Waals surface area contributed by atoms with Crippen LogP contribution in [0.5, 0.6) is 0 Å². The largest absolute Gasteiger partial charge is 0.273 e. The van der Waals surface area contributed by atoms with Gasteiger partial charge in [-0.1, -0.05) is 26.3 Å². The van der Waals surface area contributed by atoms with Crippen molar-refractivity contribution in [2.75, 3.05) is 0 Å². The van der Waals surface area contributed by atoms with Gasteiger partial charge in [-0.05, 0) is 12.6 Å². The number of rotatable bonds is 3. The molecule has 0 spiro atoms. The van der Waals surface area contributed by atoms with E-state index in [0.29, 0.717) is 5.92 Å². The molecule has 1 nitrogen and oxygen atoms in total. The molecule has 0 aromatic rings. The van der Waals surface area contributed by atoms with E-state index in [0.717, 1.165) is 0 Å². The highest BCUT2D eigenvalue weighted by Crippen LogP contribution is 2.00. The summed E-state index contributed by atoms with van der Waals surface area (Å²) in [5.74, 6) is 0.639. The Morgan fingerprint density at radius 3 is 2.75 bits per heavy atom. The first kappa shape index (κ1) is 7.41. The van der Waals surface area contributed by atoms with Crippen LogP contribution in [0.2, 0.25) is 0 Å². The summed E-state index contributed by atoms with van der Waals surface area (Å²) in [6, 6.07) is 0. The van der Waals surface area contributed by atoms with Crippen molar-refractivity contribution in [3.63, 3.8) is 0 Å². The summed E-state index contributed by atoms with van der Waals surface area (Å²) in [7, 11) is 0. The molecule has 0 aliphatic heterocycles. The lowest BCUT2D eigenvalue weighted by atomic mass is 10.1. The van der Waals surface area contributed by atoms with E-state index in [2.05, 4.69) is 25.6 Å². The molecule has 0 heterocycles. The van der Waals surface area contributed by atoms with E-state index in [1.165, 1.54) is 6.42 Å². The molecule has 0 saturated heterocycles. The summed E-state index contributed by atoms with van der Waals surface area (Å²) in [4.78, 5) is 3.59. The minimum Gasteiger partial charge on any atom is -0.273 e. The van der Waals surface area contributed by atoms with Crippen molar-refractivity contribution in [3.8, 4) is 0 Å². The smallest absolute Gasteiger partial charge is 0.0223 e. The normalized spacial score (nSPS) is 14.2. The van der Waals surface area contributed by atoms with Crippen LogP contribution in [0.25, 0.3) is 0 Å². The Hall–Kier alpha value is -0.590. The van der Waals surface area contributed by atoms with Gasteiger partial charge in [0.15, 0.2) is 0 Å². The van der Waals surface area contributed by atoms with E-state index < -0.39 is 0 Å². The molecule has 0 aliphatic rings. The Morgan fingerprint density at radius 2 is 2.38 bits per heavy atom. The van der Waals surface area contributed by atoms with Crippen LogP contribution in [-0.4, -0.2) is 6.72 Å². The molecular formula is C7H13N. The molecule has 0 N–H and O–H groups in total. The lowest BCUT2D eigenvalue weighted by Gasteiger charge is -1.95. The summed E-state index contributed by atoms with van der Waals surface area (Å²) < 4.78 is 0. The molecule has 1 heteroatoms. The highest BCUT2D eigenvalue weighted by molar-refractivity contribution is 5.25. The quantitative estimate of drug-likeness (QED) is 0.495. The van der Waals surface area contributed by atoms with Crippen molar-refractivity contribution in [1.82, 2.24) is 0 Å². The van der Waals surface area contributed by atoms with Crippen LogP contribution in [0.3, 0.4) is 0 Å². The fraction of sp³-hybridized carbons (Fsp3) is 0.571. The van der Waals surface area contributed by atoms with Gasteiger partial charge in [-0.2, -0.15) is 0 Å². The molecule has 0 rings (SSSR count). The first-order chi connectivity index (χ1) is 3.81. The molecule has 0 amide bonds. The third-order valence-electron chi connectivity index (χ3n) is 1.16. The first-order valence-corrected chi connectivity index (χ1v) is 2.93. The van der Waals surface area contributed by atoms with Crippen LogP contribution < -0.4 is 0 Å². The van der Waals surface area contributed by atoms with Crippen LogP contribution in [0.1, 0.15) is 20.3 Å². The lowest BCUT2D eigenvalue weighted by molar-refractivity contribution is 0.697. The molecule has 8 heavy (non-hydrogen) atoms. The summed E-state index contributed by atoms with van der Waals surface area (Å²) in [6.07, 6.45) is 4.97. The van der Waals surface area contributed by atoms with E-state index in [1.54, 1.807) is 6.20 Å². The Morgan fingerprint density at radius 1 is 1.75 bits per heavy atom. The summed E-state index contributed by atoms with van der Waals surface area (Å²) in [6.45, 7) is 7.64. The number of hydrogen-bond acceptors (Lipinski definition) is 1. The van der Waals surface area contributed by atoms with Gasteiger partial charge in [0.2, 0.25) is 0 Å². The van der Waals surface area contributed by atoms with Gasteiger partial charge in [0.05, 0.1) is 0 Å². The molecule has 0 fully saturated rings. The predicted octanol–water partition coefficient (Wildman–Crippen LogP) is 2.25. The Balaban J connectivity index is 3.35. The van der Waals surface area contributed by atoms with Crippen LogP contribution in [0.4, 0.5) is 0 Å². The van der Waals surface area contributed by atoms with E-state index in [4.69, 9.17) is 0 Å². The fourth-order valence-electron chi connectivity index (χ4n) is 0.344. The van der Waals surface area contributed by atoms with Gasteiger partial charge >= 0.3 is 0 Å². The highest BCUT2D eigenvalue weighted by atomic mass is 14.6. The maximum Gasteiger partial charge on any atom is 0.0223 e. The second-order valence-electron chi connectivity index (χ2n) is 1.91. The zero-order chi connectivity index (χ0) is 6.41. The monoisotopic (exact) mass is 111 g/mol. The molecule has 0 aromatic carbocycles. The van der Waals surface area contributed by atoms with Gasteiger partial charge in [-0.15, -0.1) is 0 Å². The SMILES string of the molecule is C=N/C=C\C(C)CC. The number of hydrogen-bond donors (Lipinski definition) is 0. The Kier molecular flexibility index (Phi) is 4.23. The summed E-state index contributed by atoms with van der Waals surface area (Å²) in [5.41, 5.74) is 0. The molecule has 1 atom stereocenters. The maximum absolute atomic E-state index is 3.59. The van der Waals surface area contributed by atoms with Crippen LogP contribution >= 0.6 is 0 Å². The predicted molar refractivity (Wildman–Crippen MR) is 38.1 cm³/mol. The van der Waals surface area contributed by atoms with Gasteiger partial charge in [0.25, 0.3) is 0 Å². The van der Waals surface area contributed by atoms with Crippen molar-refractivity contribution in [1.29, 1.82) is 0 Å². The van der Waals surface area contributed by atoms with E-state index >= 15 is 0 Å². The van der Waals surface area contributed by atoms with Gasteiger partial charge < -0.3 is 0 Å². The van der Waals surface area contributed by atoms with Crippen LogP contribution in [0, 0.1) is 5.92 Å². The minimum absolute atomic E-state index is 0.639. The van der Waals surface area contributed by atoms with Crippen LogP contribution in [0.15, 0.2) is 17.3 Å². The van der Waals surface area contributed by atoms with E-state index in [1.807, 2.05) is 6.08 Å². The van der Waals surface area contributed by atoms with Crippen molar-refractivity contribution in [2.45, 2.75) is 20.3 Å². The first-order valence-electron chi connectivity index (χ1n) is 2.93. The maximum atomic E-state index is 3.59. The lowest BCUT2D eigenvalue weighted by Crippen LogP contribution is -1.82. The average molecular weight is 111 g/mol. The van der Waals surface area contributed by atoms with Gasteiger partial charge in [-0.25, -0.2) is 0 Å². The molecule has 46 valence electrons.